The van der Waals surface area contributed by atoms with Crippen molar-refractivity contribution in [3.63, 3.8) is 0 Å². The maximum absolute atomic E-state index is 12.2. The van der Waals surface area contributed by atoms with Crippen molar-refractivity contribution in [2.24, 2.45) is 5.92 Å². The number of esters is 1. The van der Waals surface area contributed by atoms with Gasteiger partial charge in [0.2, 0.25) is 0 Å². The van der Waals surface area contributed by atoms with Crippen molar-refractivity contribution in [1.29, 1.82) is 0 Å². The average Bonchev–Trinajstić information content (AvgIpc) is 2.76. The number of pyridine rings is 1. The van der Waals surface area contributed by atoms with Gasteiger partial charge in [-0.2, -0.15) is 0 Å². The van der Waals surface area contributed by atoms with Crippen LogP contribution in [-0.2, 0) is 9.53 Å². The van der Waals surface area contributed by atoms with E-state index < -0.39 is 5.60 Å². The van der Waals surface area contributed by atoms with Crippen molar-refractivity contribution >= 4 is 21.9 Å². The van der Waals surface area contributed by atoms with Gasteiger partial charge in [0.05, 0.1) is 5.92 Å². The van der Waals surface area contributed by atoms with Gasteiger partial charge in [0.15, 0.2) is 0 Å². The molecule has 0 radical (unpaired) electrons. The molecule has 2 atom stereocenters. The quantitative estimate of drug-likeness (QED) is 0.670. The minimum Gasteiger partial charge on any atom is -0.460 e. The smallest absolute Gasteiger partial charge is 0.311 e. The molecule has 1 aromatic heterocycles. The number of aromatic nitrogens is 1. The Labute approximate surface area is 122 Å². The van der Waals surface area contributed by atoms with Crippen molar-refractivity contribution < 1.29 is 9.53 Å². The lowest BCUT2D eigenvalue weighted by Crippen LogP contribution is -2.31. The number of nitrogens with zero attached hydrogens (tertiary/aromatic N) is 1. The number of halogens is 1. The topological polar surface area (TPSA) is 51.2 Å². The molecule has 0 aromatic carbocycles. The zero-order valence-corrected chi connectivity index (χ0v) is 13.0. The van der Waals surface area contributed by atoms with Gasteiger partial charge >= 0.3 is 5.97 Å². The van der Waals surface area contributed by atoms with Gasteiger partial charge < -0.3 is 10.1 Å². The lowest BCUT2D eigenvalue weighted by Gasteiger charge is -2.24. The zero-order chi connectivity index (χ0) is 14.0. The minimum absolute atomic E-state index is 0.134. The first-order valence-corrected chi connectivity index (χ1v) is 7.21. The largest absolute Gasteiger partial charge is 0.460 e. The molecule has 1 fully saturated rings. The highest BCUT2D eigenvalue weighted by Crippen LogP contribution is 2.30. The third-order valence-electron chi connectivity index (χ3n) is 3.10. The molecule has 2 unspecified atom stereocenters. The summed E-state index contributed by atoms with van der Waals surface area (Å²) in [5.74, 6) is -0.136. The number of rotatable bonds is 2. The number of hydrogen-bond donors (Lipinski definition) is 1. The van der Waals surface area contributed by atoms with E-state index in [0.29, 0.717) is 6.54 Å². The second kappa shape index (κ2) is 5.59. The standard InChI is InChI=1S/C14H19BrN2O2/c1-14(2,3)19-13(18)11-8-16-7-10(11)9-4-5-12(15)17-6-9/h4-6,10-11,16H,7-8H2,1-3H3. The normalized spacial score (nSPS) is 23.4. The molecule has 2 heterocycles. The lowest BCUT2D eigenvalue weighted by atomic mass is 9.90. The summed E-state index contributed by atoms with van der Waals surface area (Å²) in [5.41, 5.74) is 0.631. The minimum atomic E-state index is -0.442. The summed E-state index contributed by atoms with van der Waals surface area (Å²) in [5, 5.41) is 3.26. The van der Waals surface area contributed by atoms with Gasteiger partial charge in [0.25, 0.3) is 0 Å². The summed E-state index contributed by atoms with van der Waals surface area (Å²) in [6, 6.07) is 3.91. The Hall–Kier alpha value is -0.940. The Kier molecular flexibility index (Phi) is 4.26. The molecule has 0 spiro atoms. The monoisotopic (exact) mass is 326 g/mol. The summed E-state index contributed by atoms with van der Waals surface area (Å²) in [7, 11) is 0. The maximum atomic E-state index is 12.2. The number of carbonyl (C=O) groups is 1. The fourth-order valence-corrected chi connectivity index (χ4v) is 2.50. The van der Waals surface area contributed by atoms with Crippen molar-refractivity contribution in [1.82, 2.24) is 10.3 Å². The molecule has 1 saturated heterocycles. The van der Waals surface area contributed by atoms with Crippen molar-refractivity contribution in [3.05, 3.63) is 28.5 Å². The first-order chi connectivity index (χ1) is 8.87. The molecule has 5 heteroatoms. The van der Waals surface area contributed by atoms with Crippen molar-refractivity contribution in [2.75, 3.05) is 13.1 Å². The second-order valence-corrected chi connectivity index (χ2v) is 6.63. The molecule has 0 amide bonds. The number of nitrogens with one attached hydrogen (secondary N) is 1. The van der Waals surface area contributed by atoms with E-state index in [9.17, 15) is 4.79 Å². The van der Waals surface area contributed by atoms with E-state index >= 15 is 0 Å². The summed E-state index contributed by atoms with van der Waals surface area (Å²) < 4.78 is 6.29. The van der Waals surface area contributed by atoms with Crippen LogP contribution >= 0.6 is 15.9 Å². The van der Waals surface area contributed by atoms with Gasteiger partial charge in [-0.1, -0.05) is 6.07 Å². The predicted octanol–water partition coefficient (Wildman–Crippen LogP) is 2.49. The van der Waals surface area contributed by atoms with E-state index in [1.807, 2.05) is 39.1 Å². The van der Waals surface area contributed by atoms with Crippen LogP contribution in [0.3, 0.4) is 0 Å². The van der Waals surface area contributed by atoms with Crippen LogP contribution in [0.1, 0.15) is 32.3 Å². The number of ether oxygens (including phenoxy) is 1. The fourth-order valence-electron chi connectivity index (χ4n) is 2.26. The molecule has 0 bridgehead atoms. The summed E-state index contributed by atoms with van der Waals surface area (Å²) in [6.07, 6.45) is 1.82. The van der Waals surface area contributed by atoms with Crippen LogP contribution in [-0.4, -0.2) is 29.6 Å². The highest BCUT2D eigenvalue weighted by Gasteiger charge is 2.36. The Morgan fingerprint density at radius 3 is 2.74 bits per heavy atom. The van der Waals surface area contributed by atoms with Gasteiger partial charge in [-0.05, 0) is 48.3 Å². The first kappa shape index (κ1) is 14.5. The van der Waals surface area contributed by atoms with Crippen LogP contribution in [0.4, 0.5) is 0 Å². The molecule has 0 aliphatic carbocycles. The van der Waals surface area contributed by atoms with E-state index in [4.69, 9.17) is 4.74 Å². The molecular formula is C14H19BrN2O2. The van der Waals surface area contributed by atoms with Crippen molar-refractivity contribution in [3.8, 4) is 0 Å². The summed E-state index contributed by atoms with van der Waals surface area (Å²) in [4.78, 5) is 16.4. The van der Waals surface area contributed by atoms with Gasteiger partial charge in [-0.25, -0.2) is 4.98 Å². The molecule has 19 heavy (non-hydrogen) atoms. The van der Waals surface area contributed by atoms with Gasteiger partial charge in [-0.3, -0.25) is 4.79 Å². The molecule has 1 aliphatic rings. The third kappa shape index (κ3) is 3.76. The Morgan fingerprint density at radius 2 is 2.16 bits per heavy atom. The first-order valence-electron chi connectivity index (χ1n) is 6.42. The van der Waals surface area contributed by atoms with E-state index in [1.54, 1.807) is 0 Å². The summed E-state index contributed by atoms with van der Waals surface area (Å²) in [6.45, 7) is 7.12. The maximum Gasteiger partial charge on any atom is 0.311 e. The lowest BCUT2D eigenvalue weighted by molar-refractivity contribution is -0.159. The average molecular weight is 327 g/mol. The Bertz CT molecular complexity index is 454. The van der Waals surface area contributed by atoms with Crippen LogP contribution in [0.2, 0.25) is 0 Å². The molecule has 0 saturated carbocycles. The van der Waals surface area contributed by atoms with E-state index in [0.717, 1.165) is 16.7 Å². The van der Waals surface area contributed by atoms with Crippen LogP contribution in [0.15, 0.2) is 22.9 Å². The summed E-state index contributed by atoms with van der Waals surface area (Å²) >= 11 is 3.32. The fraction of sp³-hybridized carbons (Fsp3) is 0.571. The zero-order valence-electron chi connectivity index (χ0n) is 11.4. The van der Waals surface area contributed by atoms with E-state index in [1.165, 1.54) is 0 Å². The highest BCUT2D eigenvalue weighted by atomic mass is 79.9. The molecule has 104 valence electrons. The van der Waals surface area contributed by atoms with Crippen LogP contribution in [0, 0.1) is 5.92 Å². The number of carbonyl (C=O) groups excluding carboxylic acids is 1. The Balaban J connectivity index is 2.12. The SMILES string of the molecule is CC(C)(C)OC(=O)C1CNCC1c1ccc(Br)nc1. The molecular weight excluding hydrogens is 308 g/mol. The molecule has 4 nitrogen and oxygen atoms in total. The Morgan fingerprint density at radius 1 is 1.42 bits per heavy atom. The second-order valence-electron chi connectivity index (χ2n) is 5.82. The molecule has 1 N–H and O–H groups in total. The van der Waals surface area contributed by atoms with Crippen LogP contribution in [0.5, 0.6) is 0 Å². The third-order valence-corrected chi connectivity index (χ3v) is 3.57. The van der Waals surface area contributed by atoms with E-state index in [-0.39, 0.29) is 17.8 Å². The molecule has 1 aliphatic heterocycles. The molecule has 1 aromatic rings. The van der Waals surface area contributed by atoms with Gasteiger partial charge in [0.1, 0.15) is 10.2 Å². The van der Waals surface area contributed by atoms with Crippen molar-refractivity contribution in [2.45, 2.75) is 32.3 Å². The van der Waals surface area contributed by atoms with Crippen LogP contribution < -0.4 is 5.32 Å². The predicted molar refractivity (Wildman–Crippen MR) is 76.9 cm³/mol. The van der Waals surface area contributed by atoms with Crippen LogP contribution in [0.25, 0.3) is 0 Å². The number of hydrogen-bond acceptors (Lipinski definition) is 4. The highest BCUT2D eigenvalue weighted by molar-refractivity contribution is 9.10. The van der Waals surface area contributed by atoms with Gasteiger partial charge in [0, 0.05) is 25.2 Å². The van der Waals surface area contributed by atoms with Gasteiger partial charge in [-0.15, -0.1) is 0 Å². The van der Waals surface area contributed by atoms with E-state index in [2.05, 4.69) is 26.2 Å². The molecule has 2 rings (SSSR count).